The number of hydrogen-bond acceptors (Lipinski definition) is 4. The Kier molecular flexibility index (Phi) is 4.74. The summed E-state index contributed by atoms with van der Waals surface area (Å²) in [5.41, 5.74) is 0. The van der Waals surface area contributed by atoms with Gasteiger partial charge in [-0.15, -0.1) is 0 Å². The van der Waals surface area contributed by atoms with Gasteiger partial charge in [0.2, 0.25) is 0 Å². The Hall–Kier alpha value is -0.160. The molecule has 0 aliphatic carbocycles. The molecule has 1 N–H and O–H groups in total. The SMILES string of the molecule is OCC1CCN(C2CCN(CC3CCCO3)CC2)C1. The Morgan fingerprint density at radius 1 is 1.05 bits per heavy atom. The van der Waals surface area contributed by atoms with E-state index in [-0.39, 0.29) is 0 Å². The standard InChI is InChI=1S/C15H28N2O2/c18-12-13-3-8-17(10-13)14-4-6-16(7-5-14)11-15-2-1-9-19-15/h13-15,18H,1-12H2. The smallest absolute Gasteiger partial charge is 0.0702 e. The quantitative estimate of drug-likeness (QED) is 0.823. The second-order valence-corrected chi connectivity index (χ2v) is 6.50. The lowest BCUT2D eigenvalue weighted by Crippen LogP contribution is -2.46. The summed E-state index contributed by atoms with van der Waals surface area (Å²) < 4.78 is 5.73. The molecule has 0 aromatic rings. The first-order valence-corrected chi connectivity index (χ1v) is 8.04. The highest BCUT2D eigenvalue weighted by Gasteiger charge is 2.31. The third-order valence-electron chi connectivity index (χ3n) is 5.13. The van der Waals surface area contributed by atoms with Gasteiger partial charge in [0.15, 0.2) is 0 Å². The summed E-state index contributed by atoms with van der Waals surface area (Å²) in [7, 11) is 0. The van der Waals surface area contributed by atoms with Crippen LogP contribution in [0.15, 0.2) is 0 Å². The Morgan fingerprint density at radius 2 is 1.89 bits per heavy atom. The van der Waals surface area contributed by atoms with Crippen molar-refractivity contribution in [2.75, 3.05) is 45.9 Å². The Labute approximate surface area is 116 Å². The van der Waals surface area contributed by atoms with Crippen LogP contribution in [-0.4, -0.2) is 73.0 Å². The molecule has 0 bridgehead atoms. The maximum atomic E-state index is 9.23. The molecule has 0 aromatic carbocycles. The predicted octanol–water partition coefficient (Wildman–Crippen LogP) is 0.944. The van der Waals surface area contributed by atoms with Crippen LogP contribution >= 0.6 is 0 Å². The number of hydrogen-bond donors (Lipinski definition) is 1. The van der Waals surface area contributed by atoms with Crippen molar-refractivity contribution in [2.24, 2.45) is 5.92 Å². The van der Waals surface area contributed by atoms with Crippen molar-refractivity contribution in [2.45, 2.75) is 44.2 Å². The molecule has 0 radical (unpaired) electrons. The van der Waals surface area contributed by atoms with E-state index < -0.39 is 0 Å². The van der Waals surface area contributed by atoms with Crippen LogP contribution in [-0.2, 0) is 4.74 Å². The summed E-state index contributed by atoms with van der Waals surface area (Å²) in [6.45, 7) is 7.25. The van der Waals surface area contributed by atoms with Crippen molar-refractivity contribution in [1.29, 1.82) is 0 Å². The Balaban J connectivity index is 1.39. The van der Waals surface area contributed by atoms with Crippen molar-refractivity contribution in [3.8, 4) is 0 Å². The van der Waals surface area contributed by atoms with Crippen molar-refractivity contribution in [3.63, 3.8) is 0 Å². The Morgan fingerprint density at radius 3 is 2.53 bits per heavy atom. The second kappa shape index (κ2) is 6.53. The molecule has 19 heavy (non-hydrogen) atoms. The number of ether oxygens (including phenoxy) is 1. The van der Waals surface area contributed by atoms with Crippen LogP contribution in [0.2, 0.25) is 0 Å². The van der Waals surface area contributed by atoms with E-state index in [1.54, 1.807) is 0 Å². The monoisotopic (exact) mass is 268 g/mol. The number of rotatable bonds is 4. The average molecular weight is 268 g/mol. The zero-order valence-electron chi connectivity index (χ0n) is 12.0. The molecule has 4 heteroatoms. The zero-order chi connectivity index (χ0) is 13.1. The van der Waals surface area contributed by atoms with E-state index in [1.165, 1.54) is 51.7 Å². The number of piperidine rings is 1. The van der Waals surface area contributed by atoms with Crippen molar-refractivity contribution >= 4 is 0 Å². The first-order chi connectivity index (χ1) is 9.35. The molecule has 3 aliphatic heterocycles. The number of nitrogens with zero attached hydrogens (tertiary/aromatic N) is 2. The summed E-state index contributed by atoms with van der Waals surface area (Å²) in [6.07, 6.45) is 6.78. The van der Waals surface area contributed by atoms with Crippen molar-refractivity contribution in [1.82, 2.24) is 9.80 Å². The number of aliphatic hydroxyl groups is 1. The highest BCUT2D eigenvalue weighted by atomic mass is 16.5. The topological polar surface area (TPSA) is 35.9 Å². The van der Waals surface area contributed by atoms with Gasteiger partial charge < -0.3 is 14.7 Å². The fourth-order valence-electron chi connectivity index (χ4n) is 3.89. The summed E-state index contributed by atoms with van der Waals surface area (Å²) in [6, 6.07) is 0.761. The molecule has 110 valence electrons. The molecule has 0 amide bonds. The maximum Gasteiger partial charge on any atom is 0.0702 e. The van der Waals surface area contributed by atoms with Gasteiger partial charge in [-0.25, -0.2) is 0 Å². The van der Waals surface area contributed by atoms with E-state index >= 15 is 0 Å². The first-order valence-electron chi connectivity index (χ1n) is 8.04. The van der Waals surface area contributed by atoms with Crippen LogP contribution in [0.4, 0.5) is 0 Å². The molecule has 3 rings (SSSR count). The van der Waals surface area contributed by atoms with Gasteiger partial charge in [0.05, 0.1) is 6.10 Å². The molecule has 2 atom stereocenters. The molecule has 0 spiro atoms. The van der Waals surface area contributed by atoms with E-state index in [0.717, 1.165) is 25.7 Å². The van der Waals surface area contributed by atoms with Gasteiger partial charge in [0, 0.05) is 32.3 Å². The van der Waals surface area contributed by atoms with Crippen LogP contribution in [0.1, 0.15) is 32.1 Å². The van der Waals surface area contributed by atoms with Gasteiger partial charge in [-0.3, -0.25) is 4.90 Å². The van der Waals surface area contributed by atoms with Crippen LogP contribution in [0.25, 0.3) is 0 Å². The zero-order valence-corrected chi connectivity index (χ0v) is 12.0. The molecule has 3 fully saturated rings. The third kappa shape index (κ3) is 3.48. The predicted molar refractivity (Wildman–Crippen MR) is 75.2 cm³/mol. The van der Waals surface area contributed by atoms with Gasteiger partial charge in [0.1, 0.15) is 0 Å². The largest absolute Gasteiger partial charge is 0.396 e. The van der Waals surface area contributed by atoms with Gasteiger partial charge >= 0.3 is 0 Å². The minimum atomic E-state index is 0.369. The maximum absolute atomic E-state index is 9.23. The van der Waals surface area contributed by atoms with E-state index in [9.17, 15) is 5.11 Å². The summed E-state index contributed by atoms with van der Waals surface area (Å²) >= 11 is 0. The molecule has 4 nitrogen and oxygen atoms in total. The van der Waals surface area contributed by atoms with Gasteiger partial charge in [-0.2, -0.15) is 0 Å². The molecule has 2 unspecified atom stereocenters. The molecule has 0 saturated carbocycles. The molecule has 3 heterocycles. The molecule has 3 saturated heterocycles. The molecule has 0 aromatic heterocycles. The highest BCUT2D eigenvalue weighted by Crippen LogP contribution is 2.25. The average Bonchev–Trinajstić information content (AvgIpc) is 3.10. The lowest BCUT2D eigenvalue weighted by atomic mass is 10.0. The van der Waals surface area contributed by atoms with Gasteiger partial charge in [-0.05, 0) is 57.7 Å². The van der Waals surface area contributed by atoms with Crippen LogP contribution in [0.3, 0.4) is 0 Å². The van der Waals surface area contributed by atoms with Crippen molar-refractivity contribution in [3.05, 3.63) is 0 Å². The first kappa shape index (κ1) is 13.8. The minimum absolute atomic E-state index is 0.369. The summed E-state index contributed by atoms with van der Waals surface area (Å²) in [5.74, 6) is 0.532. The van der Waals surface area contributed by atoms with E-state index in [0.29, 0.717) is 18.6 Å². The van der Waals surface area contributed by atoms with E-state index in [2.05, 4.69) is 9.80 Å². The normalized spacial score (nSPS) is 35.2. The van der Waals surface area contributed by atoms with Crippen molar-refractivity contribution < 1.29 is 9.84 Å². The minimum Gasteiger partial charge on any atom is -0.396 e. The Bertz CT molecular complexity index is 273. The molecule has 3 aliphatic rings. The summed E-state index contributed by atoms with van der Waals surface area (Å²) in [4.78, 5) is 5.20. The summed E-state index contributed by atoms with van der Waals surface area (Å²) in [5, 5.41) is 9.23. The lowest BCUT2D eigenvalue weighted by molar-refractivity contribution is 0.0509. The lowest BCUT2D eigenvalue weighted by Gasteiger charge is -2.37. The number of aliphatic hydroxyl groups excluding tert-OH is 1. The van der Waals surface area contributed by atoms with Gasteiger partial charge in [-0.1, -0.05) is 0 Å². The van der Waals surface area contributed by atoms with Crippen LogP contribution in [0, 0.1) is 5.92 Å². The van der Waals surface area contributed by atoms with Gasteiger partial charge in [0.25, 0.3) is 0 Å². The second-order valence-electron chi connectivity index (χ2n) is 6.50. The molecular formula is C15H28N2O2. The highest BCUT2D eigenvalue weighted by molar-refractivity contribution is 4.86. The van der Waals surface area contributed by atoms with Crippen LogP contribution in [0.5, 0.6) is 0 Å². The van der Waals surface area contributed by atoms with E-state index in [1.807, 2.05) is 0 Å². The third-order valence-corrected chi connectivity index (χ3v) is 5.13. The van der Waals surface area contributed by atoms with Crippen LogP contribution < -0.4 is 0 Å². The fourth-order valence-corrected chi connectivity index (χ4v) is 3.89. The fraction of sp³-hybridized carbons (Fsp3) is 1.00. The van der Waals surface area contributed by atoms with E-state index in [4.69, 9.17) is 4.74 Å². The number of likely N-dealkylation sites (tertiary alicyclic amines) is 2. The molecular weight excluding hydrogens is 240 g/mol.